The van der Waals surface area contributed by atoms with E-state index >= 15 is 0 Å². The van der Waals surface area contributed by atoms with Crippen LogP contribution in [-0.2, 0) is 0 Å². The van der Waals surface area contributed by atoms with Crippen LogP contribution in [-0.4, -0.2) is 4.98 Å². The molecule has 0 aliphatic carbocycles. The molecule has 3 aromatic carbocycles. The number of nitrogens with two attached hydrogens (primary N) is 1. The molecule has 4 heteroatoms. The zero-order chi connectivity index (χ0) is 17.4. The predicted molar refractivity (Wildman–Crippen MR) is 96.9 cm³/mol. The lowest BCUT2D eigenvalue weighted by Crippen LogP contribution is -1.99. The highest BCUT2D eigenvalue weighted by Gasteiger charge is 2.16. The molecule has 0 bridgehead atoms. The van der Waals surface area contributed by atoms with Gasteiger partial charge in [0.2, 0.25) is 0 Å². The monoisotopic (exact) mass is 332 g/mol. The molecule has 2 N–H and O–H groups in total. The first kappa shape index (κ1) is 15.3. The van der Waals surface area contributed by atoms with E-state index in [2.05, 4.69) is 4.98 Å². The summed E-state index contributed by atoms with van der Waals surface area (Å²) in [5.41, 5.74) is 10.2. The fourth-order valence-electron chi connectivity index (χ4n) is 3.06. The van der Waals surface area contributed by atoms with Crippen molar-refractivity contribution in [3.63, 3.8) is 0 Å². The normalized spacial score (nSPS) is 11.0. The van der Waals surface area contributed by atoms with Gasteiger partial charge >= 0.3 is 0 Å². The van der Waals surface area contributed by atoms with Crippen molar-refractivity contribution < 1.29 is 8.78 Å². The Labute approximate surface area is 143 Å². The molecule has 1 aromatic heterocycles. The topological polar surface area (TPSA) is 38.9 Å². The number of nitrogen functional groups attached to an aromatic ring is 1. The maximum absolute atomic E-state index is 13.4. The van der Waals surface area contributed by atoms with Crippen LogP contribution < -0.4 is 5.73 Å². The van der Waals surface area contributed by atoms with Crippen molar-refractivity contribution in [1.29, 1.82) is 0 Å². The Kier molecular flexibility index (Phi) is 3.65. The zero-order valence-electron chi connectivity index (χ0n) is 13.2. The van der Waals surface area contributed by atoms with Crippen LogP contribution in [0.15, 0.2) is 72.8 Å². The van der Waals surface area contributed by atoms with E-state index in [1.54, 1.807) is 24.3 Å². The first-order valence-corrected chi connectivity index (χ1v) is 7.83. The van der Waals surface area contributed by atoms with E-state index in [1.165, 1.54) is 24.3 Å². The second-order valence-corrected chi connectivity index (χ2v) is 5.78. The van der Waals surface area contributed by atoms with Crippen LogP contribution in [0, 0.1) is 11.6 Å². The number of hydrogen-bond donors (Lipinski definition) is 1. The number of benzene rings is 3. The first-order valence-electron chi connectivity index (χ1n) is 7.83. The number of nitrogens with zero attached hydrogens (tertiary/aromatic N) is 1. The van der Waals surface area contributed by atoms with E-state index in [-0.39, 0.29) is 11.6 Å². The molecule has 0 aliphatic heterocycles. The summed E-state index contributed by atoms with van der Waals surface area (Å²) in [6.45, 7) is 0. The summed E-state index contributed by atoms with van der Waals surface area (Å²) in [4.78, 5) is 4.49. The molecule has 1 heterocycles. The van der Waals surface area contributed by atoms with Gasteiger partial charge in [-0.1, -0.05) is 42.5 Å². The van der Waals surface area contributed by atoms with E-state index < -0.39 is 0 Å². The summed E-state index contributed by atoms with van der Waals surface area (Å²) < 4.78 is 26.7. The van der Waals surface area contributed by atoms with E-state index in [9.17, 15) is 8.78 Å². The number of aromatic nitrogens is 1. The largest absolute Gasteiger partial charge is 0.383 e. The zero-order valence-corrected chi connectivity index (χ0v) is 13.2. The summed E-state index contributed by atoms with van der Waals surface area (Å²) in [7, 11) is 0. The van der Waals surface area contributed by atoms with Gasteiger partial charge in [-0.05, 0) is 41.5 Å². The second-order valence-electron chi connectivity index (χ2n) is 5.78. The van der Waals surface area contributed by atoms with Crippen molar-refractivity contribution in [3.05, 3.63) is 84.4 Å². The van der Waals surface area contributed by atoms with E-state index in [1.807, 2.05) is 24.3 Å². The van der Waals surface area contributed by atoms with Crippen molar-refractivity contribution in [1.82, 2.24) is 4.98 Å². The number of pyridine rings is 1. The number of para-hydroxylation sites is 1. The number of halogens is 2. The first-order chi connectivity index (χ1) is 12.1. The predicted octanol–water partition coefficient (Wildman–Crippen LogP) is 5.43. The Balaban J connectivity index is 2.10. The highest BCUT2D eigenvalue weighted by Crippen LogP contribution is 2.40. The van der Waals surface area contributed by atoms with Gasteiger partial charge in [0.1, 0.15) is 17.5 Å². The van der Waals surface area contributed by atoms with Crippen LogP contribution in [0.4, 0.5) is 14.6 Å². The molecule has 0 radical (unpaired) electrons. The molecule has 0 atom stereocenters. The molecule has 2 nitrogen and oxygen atoms in total. The Bertz CT molecular complexity index is 1060. The average molecular weight is 332 g/mol. The summed E-state index contributed by atoms with van der Waals surface area (Å²) in [5, 5.41) is 0.905. The average Bonchev–Trinajstić information content (AvgIpc) is 2.62. The van der Waals surface area contributed by atoms with Crippen molar-refractivity contribution in [3.8, 4) is 22.3 Å². The van der Waals surface area contributed by atoms with Crippen LogP contribution in [0.25, 0.3) is 33.2 Å². The molecule has 0 amide bonds. The number of fused-ring (bicyclic) bond motifs is 1. The fourth-order valence-corrected chi connectivity index (χ4v) is 3.06. The van der Waals surface area contributed by atoms with Crippen LogP contribution in [0.2, 0.25) is 0 Å². The van der Waals surface area contributed by atoms with Crippen molar-refractivity contribution in [2.45, 2.75) is 0 Å². The summed E-state index contributed by atoms with van der Waals surface area (Å²) in [6, 6.07) is 20.0. The summed E-state index contributed by atoms with van der Waals surface area (Å²) in [6.07, 6.45) is 0. The minimum atomic E-state index is -0.320. The molecule has 0 spiro atoms. The molecular weight excluding hydrogens is 318 g/mol. The van der Waals surface area contributed by atoms with E-state index in [0.717, 1.165) is 27.6 Å². The minimum absolute atomic E-state index is 0.307. The highest BCUT2D eigenvalue weighted by atomic mass is 19.1. The maximum atomic E-state index is 13.4. The third-order valence-electron chi connectivity index (χ3n) is 4.19. The molecule has 0 aliphatic rings. The van der Waals surface area contributed by atoms with Crippen molar-refractivity contribution in [2.75, 3.05) is 5.73 Å². The maximum Gasteiger partial charge on any atom is 0.132 e. The van der Waals surface area contributed by atoms with Gasteiger partial charge in [0.15, 0.2) is 0 Å². The second kappa shape index (κ2) is 5.98. The Morgan fingerprint density at radius 3 is 1.76 bits per heavy atom. The quantitative estimate of drug-likeness (QED) is 0.531. The highest BCUT2D eigenvalue weighted by molar-refractivity contribution is 6.05. The number of hydrogen-bond acceptors (Lipinski definition) is 2. The SMILES string of the molecule is Nc1nc2ccccc2c(-c2ccc(F)cc2)c1-c1ccc(F)cc1. The third-order valence-corrected chi connectivity index (χ3v) is 4.19. The summed E-state index contributed by atoms with van der Waals surface area (Å²) in [5.74, 6) is -0.276. The lowest BCUT2D eigenvalue weighted by Gasteiger charge is -2.16. The van der Waals surface area contributed by atoms with Crippen molar-refractivity contribution in [2.24, 2.45) is 0 Å². The molecule has 0 saturated carbocycles. The minimum Gasteiger partial charge on any atom is -0.383 e. The molecule has 0 fully saturated rings. The van der Waals surface area contributed by atoms with Gasteiger partial charge in [-0.2, -0.15) is 0 Å². The molecule has 0 saturated heterocycles. The summed E-state index contributed by atoms with van der Waals surface area (Å²) >= 11 is 0. The van der Waals surface area contributed by atoms with Crippen molar-refractivity contribution >= 4 is 16.7 Å². The number of rotatable bonds is 2. The van der Waals surface area contributed by atoms with Gasteiger partial charge in [0, 0.05) is 16.5 Å². The van der Waals surface area contributed by atoms with Gasteiger partial charge < -0.3 is 5.73 Å². The Hall–Kier alpha value is -3.27. The molecule has 122 valence electrons. The lowest BCUT2D eigenvalue weighted by atomic mass is 9.91. The molecule has 4 rings (SSSR count). The van der Waals surface area contributed by atoms with E-state index in [0.29, 0.717) is 11.4 Å². The van der Waals surface area contributed by atoms with E-state index in [4.69, 9.17) is 5.73 Å². The van der Waals surface area contributed by atoms with Gasteiger partial charge in [-0.15, -0.1) is 0 Å². The van der Waals surface area contributed by atoms with Gasteiger partial charge in [0.05, 0.1) is 5.52 Å². The van der Waals surface area contributed by atoms with Gasteiger partial charge in [-0.3, -0.25) is 0 Å². The molecule has 0 unspecified atom stereocenters. The van der Waals surface area contributed by atoms with Gasteiger partial charge in [-0.25, -0.2) is 13.8 Å². The Morgan fingerprint density at radius 1 is 0.640 bits per heavy atom. The molecule has 4 aromatic rings. The number of anilines is 1. The van der Waals surface area contributed by atoms with Crippen LogP contribution in [0.1, 0.15) is 0 Å². The standard InChI is InChI=1S/C21H14F2N2/c22-15-9-5-13(6-10-15)19-17-3-1-2-4-18(17)25-21(24)20(19)14-7-11-16(23)12-8-14/h1-12H,(H2,24,25). The Morgan fingerprint density at radius 2 is 1.16 bits per heavy atom. The van der Waals surface area contributed by atoms with Crippen LogP contribution >= 0.6 is 0 Å². The molecule has 25 heavy (non-hydrogen) atoms. The third kappa shape index (κ3) is 2.72. The smallest absolute Gasteiger partial charge is 0.132 e. The lowest BCUT2D eigenvalue weighted by molar-refractivity contribution is 0.627. The van der Waals surface area contributed by atoms with Crippen LogP contribution in [0.3, 0.4) is 0 Å². The molecular formula is C21H14F2N2. The fraction of sp³-hybridized carbons (Fsp3) is 0. The van der Waals surface area contributed by atoms with Gasteiger partial charge in [0.25, 0.3) is 0 Å². The van der Waals surface area contributed by atoms with Crippen LogP contribution in [0.5, 0.6) is 0 Å².